The lowest BCUT2D eigenvalue weighted by Crippen LogP contribution is -2.49. The van der Waals surface area contributed by atoms with E-state index in [-0.39, 0.29) is 12.2 Å². The molecule has 0 bridgehead atoms. The second-order valence-electron chi connectivity index (χ2n) is 5.17. The Balaban J connectivity index is 1.92. The Morgan fingerprint density at radius 2 is 2.22 bits per heavy atom. The zero-order valence-electron chi connectivity index (χ0n) is 11.1. The SMILES string of the molecule is CC1CN(C(N)=NCC2(O)CCOC2C)CCO1. The van der Waals surface area contributed by atoms with Gasteiger partial charge in [0.05, 0.1) is 25.4 Å². The van der Waals surface area contributed by atoms with E-state index in [9.17, 15) is 5.11 Å². The Labute approximate surface area is 108 Å². The summed E-state index contributed by atoms with van der Waals surface area (Å²) in [6.07, 6.45) is 0.603. The molecular formula is C12H23N3O3. The number of morpholine rings is 1. The third-order valence-corrected chi connectivity index (χ3v) is 3.74. The van der Waals surface area contributed by atoms with E-state index in [2.05, 4.69) is 4.99 Å². The molecule has 0 aliphatic carbocycles. The third-order valence-electron chi connectivity index (χ3n) is 3.74. The van der Waals surface area contributed by atoms with Gasteiger partial charge >= 0.3 is 0 Å². The van der Waals surface area contributed by atoms with Gasteiger partial charge in [0.25, 0.3) is 0 Å². The predicted molar refractivity (Wildman–Crippen MR) is 68.5 cm³/mol. The molecule has 2 heterocycles. The van der Waals surface area contributed by atoms with Gasteiger partial charge in [0.1, 0.15) is 5.60 Å². The normalized spacial score (nSPS) is 38.2. The molecule has 18 heavy (non-hydrogen) atoms. The lowest BCUT2D eigenvalue weighted by molar-refractivity contribution is -0.0207. The first-order valence-corrected chi connectivity index (χ1v) is 6.52. The van der Waals surface area contributed by atoms with Gasteiger partial charge in [-0.25, -0.2) is 0 Å². The highest BCUT2D eigenvalue weighted by molar-refractivity contribution is 5.78. The molecule has 104 valence electrons. The van der Waals surface area contributed by atoms with Gasteiger partial charge in [0.15, 0.2) is 5.96 Å². The van der Waals surface area contributed by atoms with Crippen molar-refractivity contribution < 1.29 is 14.6 Å². The van der Waals surface area contributed by atoms with Crippen molar-refractivity contribution in [1.29, 1.82) is 0 Å². The number of rotatable bonds is 2. The molecule has 2 fully saturated rings. The maximum atomic E-state index is 10.3. The minimum Gasteiger partial charge on any atom is -0.385 e. The molecule has 2 saturated heterocycles. The van der Waals surface area contributed by atoms with Gasteiger partial charge in [0, 0.05) is 26.1 Å². The second-order valence-corrected chi connectivity index (χ2v) is 5.17. The van der Waals surface area contributed by atoms with Crippen LogP contribution in [0.1, 0.15) is 20.3 Å². The quantitative estimate of drug-likeness (QED) is 0.518. The number of nitrogens with two attached hydrogens (primary N) is 1. The molecule has 3 N–H and O–H groups in total. The molecular weight excluding hydrogens is 234 g/mol. The van der Waals surface area contributed by atoms with E-state index in [1.54, 1.807) is 0 Å². The Hall–Kier alpha value is -0.850. The number of nitrogens with zero attached hydrogens (tertiary/aromatic N) is 2. The molecule has 3 unspecified atom stereocenters. The van der Waals surface area contributed by atoms with E-state index in [4.69, 9.17) is 15.2 Å². The van der Waals surface area contributed by atoms with E-state index in [0.717, 1.165) is 13.1 Å². The smallest absolute Gasteiger partial charge is 0.191 e. The topological polar surface area (TPSA) is 80.3 Å². The van der Waals surface area contributed by atoms with Crippen molar-refractivity contribution in [2.75, 3.05) is 32.8 Å². The van der Waals surface area contributed by atoms with E-state index in [1.165, 1.54) is 0 Å². The minimum atomic E-state index is -0.872. The van der Waals surface area contributed by atoms with E-state index in [1.807, 2.05) is 18.7 Å². The van der Waals surface area contributed by atoms with Gasteiger partial charge in [-0.3, -0.25) is 4.99 Å². The number of ether oxygens (including phenoxy) is 2. The van der Waals surface area contributed by atoms with Crippen LogP contribution in [0.2, 0.25) is 0 Å². The van der Waals surface area contributed by atoms with Gasteiger partial charge in [-0.2, -0.15) is 0 Å². The van der Waals surface area contributed by atoms with Crippen LogP contribution in [0.25, 0.3) is 0 Å². The van der Waals surface area contributed by atoms with E-state index >= 15 is 0 Å². The van der Waals surface area contributed by atoms with Gasteiger partial charge in [-0.15, -0.1) is 0 Å². The monoisotopic (exact) mass is 257 g/mol. The fraction of sp³-hybridized carbons (Fsp3) is 0.917. The molecule has 2 aliphatic rings. The summed E-state index contributed by atoms with van der Waals surface area (Å²) in [5, 5.41) is 10.3. The zero-order valence-corrected chi connectivity index (χ0v) is 11.1. The van der Waals surface area contributed by atoms with Crippen molar-refractivity contribution in [3.05, 3.63) is 0 Å². The fourth-order valence-corrected chi connectivity index (χ4v) is 2.32. The Kier molecular flexibility index (Phi) is 4.09. The maximum Gasteiger partial charge on any atom is 0.191 e. The summed E-state index contributed by atoms with van der Waals surface area (Å²) in [5.41, 5.74) is 5.09. The van der Waals surface area contributed by atoms with Crippen LogP contribution in [0.15, 0.2) is 4.99 Å². The van der Waals surface area contributed by atoms with Crippen LogP contribution in [0.5, 0.6) is 0 Å². The molecule has 0 radical (unpaired) electrons. The Morgan fingerprint density at radius 3 is 2.83 bits per heavy atom. The summed E-state index contributed by atoms with van der Waals surface area (Å²) in [4.78, 5) is 6.32. The predicted octanol–water partition coefficient (Wildman–Crippen LogP) is -0.438. The van der Waals surface area contributed by atoms with Crippen LogP contribution < -0.4 is 5.73 Å². The molecule has 0 amide bonds. The zero-order chi connectivity index (χ0) is 13.2. The number of aliphatic hydroxyl groups is 1. The Morgan fingerprint density at radius 1 is 1.44 bits per heavy atom. The second kappa shape index (κ2) is 5.42. The van der Waals surface area contributed by atoms with Crippen molar-refractivity contribution in [1.82, 2.24) is 4.90 Å². The van der Waals surface area contributed by atoms with Crippen molar-refractivity contribution in [2.24, 2.45) is 10.7 Å². The number of hydrogen-bond donors (Lipinski definition) is 2. The number of hydrogen-bond acceptors (Lipinski definition) is 4. The molecule has 2 aliphatic heterocycles. The fourth-order valence-electron chi connectivity index (χ4n) is 2.32. The largest absolute Gasteiger partial charge is 0.385 e. The van der Waals surface area contributed by atoms with Gasteiger partial charge in [-0.1, -0.05) is 0 Å². The van der Waals surface area contributed by atoms with Crippen LogP contribution in [-0.2, 0) is 9.47 Å². The molecule has 0 aromatic carbocycles. The molecule has 6 nitrogen and oxygen atoms in total. The summed E-state index contributed by atoms with van der Waals surface area (Å²) >= 11 is 0. The van der Waals surface area contributed by atoms with Crippen molar-refractivity contribution in [3.8, 4) is 0 Å². The number of guanidine groups is 1. The van der Waals surface area contributed by atoms with Crippen LogP contribution in [0.4, 0.5) is 0 Å². The van der Waals surface area contributed by atoms with Crippen molar-refractivity contribution in [2.45, 2.75) is 38.1 Å². The molecule has 0 aromatic heterocycles. The highest BCUT2D eigenvalue weighted by Crippen LogP contribution is 2.25. The molecule has 2 rings (SSSR count). The summed E-state index contributed by atoms with van der Waals surface area (Å²) in [6.45, 7) is 6.94. The average molecular weight is 257 g/mol. The standard InChI is InChI=1S/C12H23N3O3/c1-9-7-15(4-6-17-9)11(13)14-8-12(16)3-5-18-10(12)2/h9-10,16H,3-8H2,1-2H3,(H2,13,14). The highest BCUT2D eigenvalue weighted by atomic mass is 16.5. The van der Waals surface area contributed by atoms with Crippen LogP contribution in [-0.4, -0.2) is 66.6 Å². The lowest BCUT2D eigenvalue weighted by Gasteiger charge is -2.32. The number of aliphatic imine (C=N–C) groups is 1. The minimum absolute atomic E-state index is 0.171. The lowest BCUT2D eigenvalue weighted by atomic mass is 9.97. The van der Waals surface area contributed by atoms with Gasteiger partial charge < -0.3 is 25.2 Å². The van der Waals surface area contributed by atoms with Crippen LogP contribution >= 0.6 is 0 Å². The average Bonchev–Trinajstić information content (AvgIpc) is 2.67. The molecule has 3 atom stereocenters. The molecule has 0 saturated carbocycles. The molecule has 0 aromatic rings. The first kappa shape index (κ1) is 13.6. The summed E-state index contributed by atoms with van der Waals surface area (Å²) in [5.74, 6) is 0.484. The molecule has 6 heteroatoms. The van der Waals surface area contributed by atoms with Crippen molar-refractivity contribution in [3.63, 3.8) is 0 Å². The highest BCUT2D eigenvalue weighted by Gasteiger charge is 2.39. The van der Waals surface area contributed by atoms with Gasteiger partial charge in [0.2, 0.25) is 0 Å². The van der Waals surface area contributed by atoms with Gasteiger partial charge in [-0.05, 0) is 13.8 Å². The van der Waals surface area contributed by atoms with E-state index < -0.39 is 5.60 Å². The summed E-state index contributed by atoms with van der Waals surface area (Å²) in [6, 6.07) is 0. The van der Waals surface area contributed by atoms with Crippen molar-refractivity contribution >= 4 is 5.96 Å². The summed E-state index contributed by atoms with van der Waals surface area (Å²) in [7, 11) is 0. The maximum absolute atomic E-state index is 10.3. The van der Waals surface area contributed by atoms with Crippen LogP contribution in [0, 0.1) is 0 Å². The first-order chi connectivity index (χ1) is 8.51. The third kappa shape index (κ3) is 2.93. The van der Waals surface area contributed by atoms with Crippen LogP contribution in [0.3, 0.4) is 0 Å². The molecule has 0 spiro atoms. The summed E-state index contributed by atoms with van der Waals surface area (Å²) < 4.78 is 10.8. The van der Waals surface area contributed by atoms with E-state index in [0.29, 0.717) is 32.1 Å². The Bertz CT molecular complexity index is 324. The first-order valence-electron chi connectivity index (χ1n) is 6.52.